The second-order valence-electron chi connectivity index (χ2n) is 3.68. The summed E-state index contributed by atoms with van der Waals surface area (Å²) < 4.78 is 25.6. The lowest BCUT2D eigenvalue weighted by Crippen LogP contribution is -2.26. The van der Waals surface area contributed by atoms with Crippen LogP contribution in [0.1, 0.15) is 6.42 Å². The fraction of sp³-hybridized carbons (Fsp3) is 0.500. The average Bonchev–Trinajstić information content (AvgIpc) is 2.20. The predicted molar refractivity (Wildman–Crippen MR) is 62.8 cm³/mol. The molecule has 90 valence electrons. The van der Waals surface area contributed by atoms with Gasteiger partial charge in [-0.05, 0) is 12.5 Å². The maximum absolute atomic E-state index is 11.4. The minimum absolute atomic E-state index is 0.0569. The van der Waals surface area contributed by atoms with E-state index in [0.717, 1.165) is 0 Å². The zero-order valence-electron chi connectivity index (χ0n) is 9.46. The molecule has 6 heteroatoms. The van der Waals surface area contributed by atoms with Crippen LogP contribution in [-0.4, -0.2) is 37.1 Å². The number of pyridine rings is 1. The number of hydrogen-bond donors (Lipinski definition) is 0. The van der Waals surface area contributed by atoms with Gasteiger partial charge in [0.15, 0.2) is 0 Å². The lowest BCUT2D eigenvalue weighted by Gasteiger charge is -2.11. The Morgan fingerprint density at radius 2 is 2.00 bits per heavy atom. The molecule has 1 aromatic rings. The third-order valence-corrected chi connectivity index (χ3v) is 4.17. The van der Waals surface area contributed by atoms with E-state index in [9.17, 15) is 13.2 Å². The summed E-state index contributed by atoms with van der Waals surface area (Å²) in [5, 5.41) is 0. The van der Waals surface area contributed by atoms with Crippen LogP contribution in [0.25, 0.3) is 0 Å². The first-order valence-corrected chi connectivity index (χ1v) is 6.60. The van der Waals surface area contributed by atoms with Crippen molar-refractivity contribution >= 4 is 10.0 Å². The Morgan fingerprint density at radius 1 is 1.31 bits per heavy atom. The summed E-state index contributed by atoms with van der Waals surface area (Å²) in [7, 11) is -0.155. The number of nitrogens with zero attached hydrogens (tertiary/aromatic N) is 2. The first-order chi connectivity index (χ1) is 7.43. The van der Waals surface area contributed by atoms with Crippen molar-refractivity contribution in [2.45, 2.75) is 13.0 Å². The molecule has 16 heavy (non-hydrogen) atoms. The standard InChI is InChI=1S/C10H16N2O3S/c1-11(2)16(14,15)9-5-8-12-7-4-3-6-10(12)13/h3-4,6-7H,5,8-9H2,1-2H3. The fourth-order valence-electron chi connectivity index (χ4n) is 1.25. The molecule has 0 N–H and O–H groups in total. The highest BCUT2D eigenvalue weighted by Crippen LogP contribution is 1.98. The molecule has 1 rings (SSSR count). The van der Waals surface area contributed by atoms with Crippen LogP contribution in [0.2, 0.25) is 0 Å². The number of rotatable bonds is 5. The van der Waals surface area contributed by atoms with Gasteiger partial charge in [-0.2, -0.15) is 0 Å². The molecule has 0 atom stereocenters. The molecular weight excluding hydrogens is 228 g/mol. The van der Waals surface area contributed by atoms with E-state index in [1.165, 1.54) is 29.0 Å². The molecule has 0 aromatic carbocycles. The summed E-state index contributed by atoms with van der Waals surface area (Å²) >= 11 is 0. The first kappa shape index (κ1) is 12.9. The van der Waals surface area contributed by atoms with Crippen LogP contribution in [0.3, 0.4) is 0 Å². The van der Waals surface area contributed by atoms with Crippen molar-refractivity contribution < 1.29 is 8.42 Å². The summed E-state index contributed by atoms with van der Waals surface area (Å²) in [6.45, 7) is 0.423. The zero-order valence-corrected chi connectivity index (χ0v) is 10.3. The first-order valence-electron chi connectivity index (χ1n) is 4.99. The fourth-order valence-corrected chi connectivity index (χ4v) is 2.10. The SMILES string of the molecule is CN(C)S(=O)(=O)CCCn1ccccc1=O. The van der Waals surface area contributed by atoms with E-state index < -0.39 is 10.0 Å². The Balaban J connectivity index is 2.55. The Kier molecular flexibility index (Phi) is 4.26. The lowest BCUT2D eigenvalue weighted by molar-refractivity contribution is 0.514. The predicted octanol–water partition coefficient (Wildman–Crippen LogP) is 0.130. The molecule has 0 saturated carbocycles. The van der Waals surface area contributed by atoms with Crippen LogP contribution in [0.5, 0.6) is 0 Å². The monoisotopic (exact) mass is 244 g/mol. The van der Waals surface area contributed by atoms with Gasteiger partial charge < -0.3 is 4.57 Å². The molecule has 1 aromatic heterocycles. The molecule has 0 bridgehead atoms. The van der Waals surface area contributed by atoms with E-state index >= 15 is 0 Å². The molecule has 1 heterocycles. The van der Waals surface area contributed by atoms with Gasteiger partial charge in [-0.3, -0.25) is 4.79 Å². The molecule has 0 aliphatic carbocycles. The lowest BCUT2D eigenvalue weighted by atomic mass is 10.4. The molecule has 0 aliphatic heterocycles. The van der Waals surface area contributed by atoms with Crippen LogP contribution >= 0.6 is 0 Å². The second kappa shape index (κ2) is 5.27. The van der Waals surface area contributed by atoms with Crippen molar-refractivity contribution in [1.82, 2.24) is 8.87 Å². The number of aromatic nitrogens is 1. The molecule has 0 radical (unpaired) electrons. The molecule has 0 amide bonds. The second-order valence-corrected chi connectivity index (χ2v) is 5.99. The van der Waals surface area contributed by atoms with E-state index in [1.54, 1.807) is 18.3 Å². The van der Waals surface area contributed by atoms with Gasteiger partial charge in [-0.25, -0.2) is 12.7 Å². The summed E-state index contributed by atoms with van der Waals surface area (Å²) in [6, 6.07) is 4.87. The molecule has 0 saturated heterocycles. The highest BCUT2D eigenvalue weighted by atomic mass is 32.2. The van der Waals surface area contributed by atoms with E-state index in [0.29, 0.717) is 13.0 Å². The summed E-state index contributed by atoms with van der Waals surface area (Å²) in [5.74, 6) is 0.0569. The van der Waals surface area contributed by atoms with Crippen molar-refractivity contribution in [3.63, 3.8) is 0 Å². The van der Waals surface area contributed by atoms with Crippen molar-refractivity contribution in [2.24, 2.45) is 0 Å². The molecule has 0 unspecified atom stereocenters. The maximum Gasteiger partial charge on any atom is 0.250 e. The summed E-state index contributed by atoms with van der Waals surface area (Å²) in [4.78, 5) is 11.3. The van der Waals surface area contributed by atoms with E-state index in [-0.39, 0.29) is 11.3 Å². The normalized spacial score (nSPS) is 11.9. The van der Waals surface area contributed by atoms with Crippen molar-refractivity contribution in [2.75, 3.05) is 19.8 Å². The van der Waals surface area contributed by atoms with Crippen molar-refractivity contribution in [3.8, 4) is 0 Å². The average molecular weight is 244 g/mol. The van der Waals surface area contributed by atoms with Gasteiger partial charge in [0.05, 0.1) is 5.75 Å². The quantitative estimate of drug-likeness (QED) is 0.739. The van der Waals surface area contributed by atoms with Crippen molar-refractivity contribution in [1.29, 1.82) is 0 Å². The van der Waals surface area contributed by atoms with Gasteiger partial charge in [0, 0.05) is 32.9 Å². The summed E-state index contributed by atoms with van der Waals surface area (Å²) in [5.41, 5.74) is -0.107. The molecule has 0 fully saturated rings. The minimum Gasteiger partial charge on any atom is -0.316 e. The van der Waals surface area contributed by atoms with Gasteiger partial charge in [0.1, 0.15) is 0 Å². The third-order valence-electron chi connectivity index (χ3n) is 2.26. The maximum atomic E-state index is 11.4. The van der Waals surface area contributed by atoms with Crippen LogP contribution < -0.4 is 5.56 Å². The van der Waals surface area contributed by atoms with E-state index in [2.05, 4.69) is 0 Å². The van der Waals surface area contributed by atoms with Crippen LogP contribution in [0.4, 0.5) is 0 Å². The van der Waals surface area contributed by atoms with Gasteiger partial charge >= 0.3 is 0 Å². The van der Waals surface area contributed by atoms with Crippen molar-refractivity contribution in [3.05, 3.63) is 34.7 Å². The van der Waals surface area contributed by atoms with Crippen LogP contribution in [0.15, 0.2) is 29.2 Å². The third kappa shape index (κ3) is 3.46. The van der Waals surface area contributed by atoms with Gasteiger partial charge in [-0.15, -0.1) is 0 Å². The zero-order chi connectivity index (χ0) is 12.2. The number of sulfonamides is 1. The van der Waals surface area contributed by atoms with Gasteiger partial charge in [-0.1, -0.05) is 6.07 Å². The molecule has 0 aliphatic rings. The Hall–Kier alpha value is -1.14. The Morgan fingerprint density at radius 3 is 2.56 bits per heavy atom. The van der Waals surface area contributed by atoms with Crippen LogP contribution in [-0.2, 0) is 16.6 Å². The number of aryl methyl sites for hydroxylation is 1. The molecule has 0 spiro atoms. The molecule has 5 nitrogen and oxygen atoms in total. The van der Waals surface area contributed by atoms with Gasteiger partial charge in [0.2, 0.25) is 15.6 Å². The highest BCUT2D eigenvalue weighted by molar-refractivity contribution is 7.89. The molecular formula is C10H16N2O3S. The van der Waals surface area contributed by atoms with E-state index in [1.807, 2.05) is 0 Å². The smallest absolute Gasteiger partial charge is 0.250 e. The van der Waals surface area contributed by atoms with Crippen LogP contribution in [0, 0.1) is 0 Å². The Bertz CT molecular complexity index is 491. The number of hydrogen-bond acceptors (Lipinski definition) is 3. The Labute approximate surface area is 95.4 Å². The van der Waals surface area contributed by atoms with E-state index in [4.69, 9.17) is 0 Å². The van der Waals surface area contributed by atoms with Gasteiger partial charge in [0.25, 0.3) is 0 Å². The largest absolute Gasteiger partial charge is 0.316 e. The minimum atomic E-state index is -3.16. The highest BCUT2D eigenvalue weighted by Gasteiger charge is 2.12. The summed E-state index contributed by atoms with van der Waals surface area (Å²) in [6.07, 6.45) is 2.09. The topological polar surface area (TPSA) is 59.4 Å².